The number of carbonyl (C=O) groups is 2. The fourth-order valence-corrected chi connectivity index (χ4v) is 3.81. The maximum Gasteiger partial charge on any atom is 0.230 e. The minimum atomic E-state index is -0.872. The molecule has 0 fully saturated rings. The Balaban J connectivity index is 1.66. The molecule has 1 amide bonds. The van der Waals surface area contributed by atoms with Gasteiger partial charge in [0.05, 0.1) is 16.9 Å². The molecule has 0 N–H and O–H groups in total. The van der Waals surface area contributed by atoms with Crippen LogP contribution in [-0.4, -0.2) is 23.3 Å². The van der Waals surface area contributed by atoms with Crippen molar-refractivity contribution in [3.63, 3.8) is 0 Å². The smallest absolute Gasteiger partial charge is 0.230 e. The van der Waals surface area contributed by atoms with Gasteiger partial charge in [-0.25, -0.2) is 13.8 Å². The molecule has 4 rings (SSSR count). The fourth-order valence-electron chi connectivity index (χ4n) is 2.98. The van der Waals surface area contributed by atoms with Crippen molar-refractivity contribution in [3.8, 4) is 5.75 Å². The summed E-state index contributed by atoms with van der Waals surface area (Å²) in [6.45, 7) is 1.36. The highest BCUT2D eigenvalue weighted by atomic mass is 32.1. The number of halogens is 2. The van der Waals surface area contributed by atoms with Gasteiger partial charge in [-0.2, -0.15) is 0 Å². The number of fused-ring (bicyclic) bond motifs is 1. The number of hydrogen-bond donors (Lipinski definition) is 0. The molecule has 0 atom stereocenters. The van der Waals surface area contributed by atoms with Gasteiger partial charge in [0.2, 0.25) is 5.91 Å². The van der Waals surface area contributed by atoms with E-state index in [0.717, 1.165) is 22.3 Å². The minimum absolute atomic E-state index is 0.0987. The number of para-hydroxylation sites is 1. The predicted octanol–water partition coefficient (Wildman–Crippen LogP) is 4.76. The number of hydrogen-bond acceptors (Lipinski definition) is 5. The number of aromatic nitrogens is 1. The maximum atomic E-state index is 14.2. The van der Waals surface area contributed by atoms with E-state index in [-0.39, 0.29) is 23.2 Å². The largest absolute Gasteiger partial charge is 0.488 e. The third-order valence-electron chi connectivity index (χ3n) is 4.30. The molecule has 2 heterocycles. The lowest BCUT2D eigenvalue weighted by Crippen LogP contribution is -2.23. The average molecular weight is 412 g/mol. The number of rotatable bonds is 3. The summed E-state index contributed by atoms with van der Waals surface area (Å²) >= 11 is 1.11. The molecule has 0 saturated heterocycles. The number of benzene rings is 2. The lowest BCUT2D eigenvalue weighted by Gasteiger charge is -2.19. The molecule has 1 aromatic heterocycles. The van der Waals surface area contributed by atoms with Crippen LogP contribution < -0.4 is 9.64 Å². The number of nitrogens with zero attached hydrogens (tertiary/aromatic N) is 2. The average Bonchev–Trinajstić information content (AvgIpc) is 3.14. The Kier molecular flexibility index (Phi) is 4.94. The van der Waals surface area contributed by atoms with Crippen LogP contribution in [0, 0.1) is 11.6 Å². The molecule has 1 aliphatic heterocycles. The van der Waals surface area contributed by atoms with Crippen LogP contribution in [0.15, 0.2) is 53.4 Å². The Morgan fingerprint density at radius 3 is 2.79 bits per heavy atom. The molecule has 3 aromatic rings. The van der Waals surface area contributed by atoms with E-state index in [1.54, 1.807) is 35.7 Å². The number of Topliss-reactive ketones (excluding diaryl/α,β-unsaturated/α-hetero) is 1. The van der Waals surface area contributed by atoms with Gasteiger partial charge in [-0.15, -0.1) is 11.3 Å². The van der Waals surface area contributed by atoms with Gasteiger partial charge < -0.3 is 4.74 Å². The van der Waals surface area contributed by atoms with Crippen LogP contribution in [0.2, 0.25) is 0 Å². The molecule has 0 spiro atoms. The van der Waals surface area contributed by atoms with Crippen LogP contribution >= 0.6 is 11.3 Å². The van der Waals surface area contributed by atoms with Crippen molar-refractivity contribution in [2.24, 2.45) is 0 Å². The zero-order valence-corrected chi connectivity index (χ0v) is 16.0. The number of ketones is 1. The SMILES string of the molecule is CC(=O)N(c1nc(/C=C2/COc3ccccc3C2=O)cs1)c1ccc(F)cc1F. The quantitative estimate of drug-likeness (QED) is 0.582. The van der Waals surface area contributed by atoms with E-state index in [1.807, 2.05) is 0 Å². The van der Waals surface area contributed by atoms with E-state index >= 15 is 0 Å². The molecule has 146 valence electrons. The van der Waals surface area contributed by atoms with Crippen molar-refractivity contribution >= 4 is 39.9 Å². The molecular formula is C21H14F2N2O3S. The summed E-state index contributed by atoms with van der Waals surface area (Å²) in [5, 5.41) is 1.85. The van der Waals surface area contributed by atoms with E-state index in [4.69, 9.17) is 4.74 Å². The van der Waals surface area contributed by atoms with Gasteiger partial charge in [0.25, 0.3) is 0 Å². The molecule has 2 aromatic carbocycles. The van der Waals surface area contributed by atoms with Crippen LogP contribution in [0.4, 0.5) is 19.6 Å². The first kappa shape index (κ1) is 18.9. The summed E-state index contributed by atoms with van der Waals surface area (Å²) < 4.78 is 33.0. The van der Waals surface area contributed by atoms with Crippen LogP contribution in [-0.2, 0) is 4.79 Å². The summed E-state index contributed by atoms with van der Waals surface area (Å²) in [6.07, 6.45) is 1.58. The van der Waals surface area contributed by atoms with Crippen molar-refractivity contribution in [1.82, 2.24) is 4.98 Å². The Morgan fingerprint density at radius 2 is 2.03 bits per heavy atom. The van der Waals surface area contributed by atoms with Gasteiger partial charge in [-0.3, -0.25) is 14.5 Å². The van der Waals surface area contributed by atoms with Crippen LogP contribution in [0.1, 0.15) is 23.0 Å². The summed E-state index contributed by atoms with van der Waals surface area (Å²) in [5.41, 5.74) is 1.23. The molecule has 0 saturated carbocycles. The summed E-state index contributed by atoms with van der Waals surface area (Å²) in [4.78, 5) is 30.2. The predicted molar refractivity (Wildman–Crippen MR) is 106 cm³/mol. The molecule has 29 heavy (non-hydrogen) atoms. The normalized spacial score (nSPS) is 14.4. The third-order valence-corrected chi connectivity index (χ3v) is 5.14. The number of amides is 1. The second-order valence-corrected chi connectivity index (χ2v) is 7.13. The Hall–Kier alpha value is -3.39. The monoisotopic (exact) mass is 412 g/mol. The topological polar surface area (TPSA) is 59.5 Å². The first-order chi connectivity index (χ1) is 13.9. The summed E-state index contributed by atoms with van der Waals surface area (Å²) in [6, 6.07) is 9.92. The first-order valence-corrected chi connectivity index (χ1v) is 9.50. The van der Waals surface area contributed by atoms with Crippen LogP contribution in [0.5, 0.6) is 5.75 Å². The zero-order valence-electron chi connectivity index (χ0n) is 15.2. The van der Waals surface area contributed by atoms with Crippen LogP contribution in [0.3, 0.4) is 0 Å². The second-order valence-electron chi connectivity index (χ2n) is 6.29. The molecule has 0 bridgehead atoms. The Labute approximate surface area is 168 Å². The molecule has 0 radical (unpaired) electrons. The van der Waals surface area contributed by atoms with Crippen molar-refractivity contribution in [2.45, 2.75) is 6.92 Å². The van der Waals surface area contributed by atoms with Crippen molar-refractivity contribution < 1.29 is 23.1 Å². The number of thiazole rings is 1. The van der Waals surface area contributed by atoms with Crippen molar-refractivity contribution in [1.29, 1.82) is 0 Å². The van der Waals surface area contributed by atoms with E-state index in [0.29, 0.717) is 28.6 Å². The molecule has 0 unspecified atom stereocenters. The van der Waals surface area contributed by atoms with Crippen LogP contribution in [0.25, 0.3) is 6.08 Å². The highest BCUT2D eigenvalue weighted by molar-refractivity contribution is 7.14. The highest BCUT2D eigenvalue weighted by Crippen LogP contribution is 2.33. The summed E-state index contributed by atoms with van der Waals surface area (Å²) in [5.74, 6) is -1.72. The van der Waals surface area contributed by atoms with Gasteiger partial charge >= 0.3 is 0 Å². The summed E-state index contributed by atoms with van der Waals surface area (Å²) in [7, 11) is 0. The molecule has 0 aliphatic carbocycles. The van der Waals surface area contributed by atoms with E-state index < -0.39 is 17.5 Å². The van der Waals surface area contributed by atoms with Crippen molar-refractivity contribution in [3.05, 3.63) is 76.3 Å². The lowest BCUT2D eigenvalue weighted by atomic mass is 10.00. The van der Waals surface area contributed by atoms with E-state index in [9.17, 15) is 18.4 Å². The zero-order chi connectivity index (χ0) is 20.5. The second kappa shape index (κ2) is 7.56. The molecule has 8 heteroatoms. The van der Waals surface area contributed by atoms with Crippen molar-refractivity contribution in [2.75, 3.05) is 11.5 Å². The number of anilines is 2. The Morgan fingerprint density at radius 1 is 1.24 bits per heavy atom. The minimum Gasteiger partial charge on any atom is -0.488 e. The van der Waals surface area contributed by atoms with Gasteiger partial charge in [0.1, 0.15) is 24.0 Å². The molecule has 1 aliphatic rings. The maximum absolute atomic E-state index is 14.2. The van der Waals surface area contributed by atoms with Gasteiger partial charge in [0.15, 0.2) is 10.9 Å². The lowest BCUT2D eigenvalue weighted by molar-refractivity contribution is -0.115. The third kappa shape index (κ3) is 3.66. The van der Waals surface area contributed by atoms with Gasteiger partial charge in [0, 0.05) is 23.9 Å². The standard InChI is InChI=1S/C21H14F2N2O3S/c1-12(26)25(18-7-6-14(22)9-17(18)23)21-24-15(11-29-21)8-13-10-28-19-5-3-2-4-16(19)20(13)27/h2-9,11H,10H2,1H3/b13-8-. The van der Waals surface area contributed by atoms with Gasteiger partial charge in [-0.05, 0) is 30.3 Å². The fraction of sp³-hybridized carbons (Fsp3) is 0.0952. The van der Waals surface area contributed by atoms with E-state index in [2.05, 4.69) is 4.98 Å². The van der Waals surface area contributed by atoms with Gasteiger partial charge in [-0.1, -0.05) is 12.1 Å². The first-order valence-electron chi connectivity index (χ1n) is 8.62. The number of carbonyl (C=O) groups excluding carboxylic acids is 2. The molecule has 5 nitrogen and oxygen atoms in total. The molecular weight excluding hydrogens is 398 g/mol. The number of ether oxygens (including phenoxy) is 1. The Bertz CT molecular complexity index is 1160. The van der Waals surface area contributed by atoms with E-state index in [1.165, 1.54) is 13.0 Å². The highest BCUT2D eigenvalue weighted by Gasteiger charge is 2.24.